The summed E-state index contributed by atoms with van der Waals surface area (Å²) in [4.78, 5) is 28.2. The summed E-state index contributed by atoms with van der Waals surface area (Å²) in [6.45, 7) is 7.54. The SMILES string of the molecule is CCCCNC(=O)[C@@H](C)N(Cc1ccc(OC)cc1)C(=O)CN(c1cc(C)ccc1C)S(=O)(=O)N(C)C. The maximum absolute atomic E-state index is 13.8. The van der Waals surface area contributed by atoms with E-state index in [9.17, 15) is 18.0 Å². The molecule has 0 saturated carbocycles. The molecule has 0 aliphatic rings. The number of carbonyl (C=O) groups excluding carboxylic acids is 2. The zero-order chi connectivity index (χ0) is 27.8. The van der Waals surface area contributed by atoms with Crippen LogP contribution < -0.4 is 14.4 Å². The lowest BCUT2D eigenvalue weighted by molar-refractivity contribution is -0.139. The van der Waals surface area contributed by atoms with Crippen LogP contribution in [0.2, 0.25) is 0 Å². The molecule has 1 atom stereocenters. The summed E-state index contributed by atoms with van der Waals surface area (Å²) in [5, 5.41) is 2.88. The largest absolute Gasteiger partial charge is 0.497 e. The van der Waals surface area contributed by atoms with Gasteiger partial charge < -0.3 is 15.0 Å². The standard InChI is InChI=1S/C27H40N4O5S/c1-8-9-16-28-27(33)22(4)30(18-23-12-14-24(36-7)15-13-23)26(32)19-31(37(34,35)29(5)6)25-17-20(2)10-11-21(25)3/h10-15,17,22H,8-9,16,18-19H2,1-7H3,(H,28,33)/t22-/m1/s1. The molecular weight excluding hydrogens is 492 g/mol. The Morgan fingerprint density at radius 3 is 2.27 bits per heavy atom. The Balaban J connectivity index is 2.46. The van der Waals surface area contributed by atoms with Crippen molar-refractivity contribution < 1.29 is 22.7 Å². The molecule has 0 bridgehead atoms. The molecule has 9 nitrogen and oxygen atoms in total. The number of nitrogens with one attached hydrogen (secondary N) is 1. The Hall–Kier alpha value is -3.11. The van der Waals surface area contributed by atoms with Gasteiger partial charge in [-0.25, -0.2) is 4.31 Å². The topological polar surface area (TPSA) is 99.3 Å². The van der Waals surface area contributed by atoms with Crippen LogP contribution in [0.3, 0.4) is 0 Å². The predicted octanol–water partition coefficient (Wildman–Crippen LogP) is 3.26. The average molecular weight is 533 g/mol. The number of rotatable bonds is 13. The third-order valence-electron chi connectivity index (χ3n) is 6.16. The van der Waals surface area contributed by atoms with E-state index in [1.54, 1.807) is 39.2 Å². The van der Waals surface area contributed by atoms with E-state index in [1.165, 1.54) is 19.0 Å². The van der Waals surface area contributed by atoms with Gasteiger partial charge in [0.1, 0.15) is 18.3 Å². The highest BCUT2D eigenvalue weighted by Gasteiger charge is 2.33. The van der Waals surface area contributed by atoms with Gasteiger partial charge in [-0.15, -0.1) is 0 Å². The molecule has 37 heavy (non-hydrogen) atoms. The van der Waals surface area contributed by atoms with Gasteiger partial charge in [-0.3, -0.25) is 9.59 Å². The number of nitrogens with zero attached hydrogens (tertiary/aromatic N) is 3. The van der Waals surface area contributed by atoms with Crippen LogP contribution in [0.1, 0.15) is 43.4 Å². The van der Waals surface area contributed by atoms with Crippen molar-refractivity contribution in [3.63, 3.8) is 0 Å². The van der Waals surface area contributed by atoms with Crippen molar-refractivity contribution in [2.45, 2.75) is 53.1 Å². The Morgan fingerprint density at radius 2 is 1.70 bits per heavy atom. The van der Waals surface area contributed by atoms with Crippen molar-refractivity contribution in [1.29, 1.82) is 0 Å². The fraction of sp³-hybridized carbons (Fsp3) is 0.481. The summed E-state index contributed by atoms with van der Waals surface area (Å²) < 4.78 is 34.1. The number of methoxy groups -OCH3 is 1. The van der Waals surface area contributed by atoms with E-state index in [2.05, 4.69) is 5.32 Å². The molecule has 10 heteroatoms. The number of hydrogen-bond donors (Lipinski definition) is 1. The van der Waals surface area contributed by atoms with Crippen LogP contribution >= 0.6 is 0 Å². The van der Waals surface area contributed by atoms with E-state index >= 15 is 0 Å². The first-order chi connectivity index (χ1) is 17.4. The van der Waals surface area contributed by atoms with E-state index < -0.39 is 28.7 Å². The van der Waals surface area contributed by atoms with E-state index in [1.807, 2.05) is 38.1 Å². The lowest BCUT2D eigenvalue weighted by atomic mass is 10.1. The molecule has 2 aromatic carbocycles. The second-order valence-corrected chi connectivity index (χ2v) is 11.3. The molecule has 0 aromatic heterocycles. The van der Waals surface area contributed by atoms with Gasteiger partial charge >= 0.3 is 10.2 Å². The van der Waals surface area contributed by atoms with Gasteiger partial charge in [0, 0.05) is 27.2 Å². The highest BCUT2D eigenvalue weighted by molar-refractivity contribution is 7.90. The summed E-state index contributed by atoms with van der Waals surface area (Å²) in [6.07, 6.45) is 1.75. The van der Waals surface area contributed by atoms with Crippen molar-refractivity contribution in [3.05, 3.63) is 59.2 Å². The Morgan fingerprint density at radius 1 is 1.05 bits per heavy atom. The second-order valence-electron chi connectivity index (χ2n) is 9.28. The number of carbonyl (C=O) groups is 2. The van der Waals surface area contributed by atoms with Gasteiger partial charge in [-0.05, 0) is 62.1 Å². The summed E-state index contributed by atoms with van der Waals surface area (Å²) in [5.41, 5.74) is 2.80. The minimum Gasteiger partial charge on any atom is -0.497 e. The van der Waals surface area contributed by atoms with Crippen LogP contribution in [0.15, 0.2) is 42.5 Å². The molecule has 2 amide bonds. The first-order valence-corrected chi connectivity index (χ1v) is 13.8. The maximum atomic E-state index is 13.8. The van der Waals surface area contributed by atoms with Gasteiger partial charge in [-0.2, -0.15) is 12.7 Å². The van der Waals surface area contributed by atoms with Crippen molar-refractivity contribution in [2.24, 2.45) is 0 Å². The molecule has 2 rings (SSSR count). The molecule has 0 aliphatic heterocycles. The van der Waals surface area contributed by atoms with Gasteiger partial charge in [0.15, 0.2) is 0 Å². The summed E-state index contributed by atoms with van der Waals surface area (Å²) in [5.74, 6) is -0.102. The highest BCUT2D eigenvalue weighted by atomic mass is 32.2. The fourth-order valence-electron chi connectivity index (χ4n) is 3.74. The third-order valence-corrected chi connectivity index (χ3v) is 7.97. The van der Waals surface area contributed by atoms with Crippen LogP contribution in [0.4, 0.5) is 5.69 Å². The number of unbranched alkanes of at least 4 members (excludes halogenated alkanes) is 1. The van der Waals surface area contributed by atoms with Gasteiger partial charge in [0.25, 0.3) is 0 Å². The molecule has 0 saturated heterocycles. The average Bonchev–Trinajstić information content (AvgIpc) is 2.87. The fourth-order valence-corrected chi connectivity index (χ4v) is 4.85. The van der Waals surface area contributed by atoms with Gasteiger partial charge in [-0.1, -0.05) is 37.6 Å². The molecule has 2 aromatic rings. The third kappa shape index (κ3) is 7.93. The summed E-state index contributed by atoms with van der Waals surface area (Å²) in [7, 11) is 0.422. The smallest absolute Gasteiger partial charge is 0.304 e. The highest BCUT2D eigenvalue weighted by Crippen LogP contribution is 2.26. The second kappa shape index (κ2) is 13.4. The molecule has 1 N–H and O–H groups in total. The van der Waals surface area contributed by atoms with Crippen LogP contribution in [0.25, 0.3) is 0 Å². The van der Waals surface area contributed by atoms with Gasteiger partial charge in [0.2, 0.25) is 11.8 Å². The lowest BCUT2D eigenvalue weighted by Crippen LogP contribution is -2.52. The molecule has 0 aliphatic carbocycles. The first kappa shape index (κ1) is 30.1. The Bertz CT molecular complexity index is 1170. The minimum absolute atomic E-state index is 0.133. The number of hydrogen-bond acceptors (Lipinski definition) is 5. The Kier molecular flexibility index (Phi) is 10.9. The number of anilines is 1. The van der Waals surface area contributed by atoms with Crippen LogP contribution in [0, 0.1) is 13.8 Å². The maximum Gasteiger partial charge on any atom is 0.304 e. The zero-order valence-corrected chi connectivity index (χ0v) is 23.8. The number of benzene rings is 2. The minimum atomic E-state index is -4.00. The van der Waals surface area contributed by atoms with Gasteiger partial charge in [0.05, 0.1) is 12.8 Å². The van der Waals surface area contributed by atoms with Crippen molar-refractivity contribution in [3.8, 4) is 5.75 Å². The number of amides is 2. The normalized spacial score (nSPS) is 12.2. The molecule has 204 valence electrons. The predicted molar refractivity (Wildman–Crippen MR) is 147 cm³/mol. The van der Waals surface area contributed by atoms with E-state index in [-0.39, 0.29) is 12.5 Å². The first-order valence-electron chi connectivity index (χ1n) is 12.4. The zero-order valence-electron chi connectivity index (χ0n) is 22.9. The van der Waals surface area contributed by atoms with Crippen molar-refractivity contribution in [2.75, 3.05) is 38.6 Å². The summed E-state index contributed by atoms with van der Waals surface area (Å²) >= 11 is 0. The van der Waals surface area contributed by atoms with Crippen molar-refractivity contribution >= 4 is 27.7 Å². The molecule has 0 spiro atoms. The van der Waals surface area contributed by atoms with E-state index in [0.29, 0.717) is 18.0 Å². The van der Waals surface area contributed by atoms with Crippen LogP contribution in [-0.4, -0.2) is 69.8 Å². The van der Waals surface area contributed by atoms with Crippen LogP contribution in [0.5, 0.6) is 5.75 Å². The quantitative estimate of drug-likeness (QED) is 0.399. The molecule has 0 unspecified atom stereocenters. The van der Waals surface area contributed by atoms with Crippen LogP contribution in [-0.2, 0) is 26.3 Å². The monoisotopic (exact) mass is 532 g/mol. The molecule has 0 radical (unpaired) electrons. The Labute approximate surface area is 221 Å². The number of ether oxygens (including phenoxy) is 1. The lowest BCUT2D eigenvalue weighted by Gasteiger charge is -2.33. The molecule has 0 fully saturated rings. The number of aryl methyl sites for hydroxylation is 2. The molecule has 0 heterocycles. The molecular formula is C27H40N4O5S. The van der Waals surface area contributed by atoms with Crippen molar-refractivity contribution in [1.82, 2.24) is 14.5 Å². The van der Waals surface area contributed by atoms with E-state index in [0.717, 1.165) is 38.1 Å². The summed E-state index contributed by atoms with van der Waals surface area (Å²) in [6, 6.07) is 11.9. The van der Waals surface area contributed by atoms with E-state index in [4.69, 9.17) is 4.74 Å².